The quantitative estimate of drug-likeness (QED) is 0.417. The van der Waals surface area contributed by atoms with Crippen molar-refractivity contribution in [3.63, 3.8) is 0 Å². The molecule has 2 nitrogen and oxygen atoms in total. The van der Waals surface area contributed by atoms with Crippen molar-refractivity contribution in [1.29, 1.82) is 0 Å². The zero-order valence-corrected chi connectivity index (χ0v) is 4.41. The Bertz CT molecular complexity index is 30.9. The Labute approximate surface area is 42.6 Å². The maximum atomic E-state index is 11.0. The molecule has 1 N–H and O–H groups in total. The Hall–Kier alpha value is -0.150. The molecule has 0 saturated carbocycles. The van der Waals surface area contributed by atoms with Gasteiger partial charge in [0.25, 0.3) is 0 Å². The predicted octanol–water partition coefficient (Wildman–Crippen LogP) is 0.497. The van der Waals surface area contributed by atoms with Crippen LogP contribution in [-0.2, 0) is 4.74 Å². The molecule has 0 radical (unpaired) electrons. The van der Waals surface area contributed by atoms with Gasteiger partial charge in [-0.15, -0.1) is 4.48 Å². The summed E-state index contributed by atoms with van der Waals surface area (Å²) < 4.78 is 15.8. The number of hydrogen-bond acceptors (Lipinski definition) is 2. The summed E-state index contributed by atoms with van der Waals surface area (Å²) in [6.45, 7) is 3.26. The van der Waals surface area contributed by atoms with Crippen LogP contribution in [0.2, 0.25) is 0 Å². The van der Waals surface area contributed by atoms with Crippen LogP contribution >= 0.6 is 0 Å². The molecule has 0 unspecified atom stereocenters. The first-order chi connectivity index (χ1) is 3.41. The van der Waals surface area contributed by atoms with Crippen molar-refractivity contribution in [2.24, 2.45) is 0 Å². The van der Waals surface area contributed by atoms with Crippen LogP contribution in [0, 0.1) is 0 Å². The second kappa shape index (κ2) is 5.85. The third-order valence-electron chi connectivity index (χ3n) is 0.545. The molecular weight excluding hydrogens is 97.0 g/mol. The van der Waals surface area contributed by atoms with Gasteiger partial charge in [-0.05, 0) is 6.92 Å². The number of ether oxygens (including phenoxy) is 1. The lowest BCUT2D eigenvalue weighted by atomic mass is 10.7. The van der Waals surface area contributed by atoms with Crippen LogP contribution in [0.5, 0.6) is 0 Å². The van der Waals surface area contributed by atoms with Crippen molar-refractivity contribution in [3.05, 3.63) is 0 Å². The highest BCUT2D eigenvalue weighted by Gasteiger charge is 1.79. The van der Waals surface area contributed by atoms with E-state index in [1.807, 2.05) is 6.92 Å². The maximum absolute atomic E-state index is 11.0. The van der Waals surface area contributed by atoms with Crippen molar-refractivity contribution in [3.8, 4) is 0 Å². The van der Waals surface area contributed by atoms with Crippen LogP contribution in [0.1, 0.15) is 6.92 Å². The minimum atomic E-state index is 0.286. The molecule has 3 heteroatoms. The van der Waals surface area contributed by atoms with Gasteiger partial charge < -0.3 is 4.74 Å². The van der Waals surface area contributed by atoms with E-state index in [9.17, 15) is 4.48 Å². The van der Waals surface area contributed by atoms with Crippen LogP contribution in [0.4, 0.5) is 4.48 Å². The highest BCUT2D eigenvalue weighted by Crippen LogP contribution is 1.68. The van der Waals surface area contributed by atoms with Gasteiger partial charge in [0.1, 0.15) is 0 Å². The van der Waals surface area contributed by atoms with Gasteiger partial charge in [-0.25, -0.2) is 0 Å². The second-order valence-corrected chi connectivity index (χ2v) is 1.08. The summed E-state index contributed by atoms with van der Waals surface area (Å²) in [6.07, 6.45) is 0. The monoisotopic (exact) mass is 107 g/mol. The van der Waals surface area contributed by atoms with E-state index < -0.39 is 0 Å². The van der Waals surface area contributed by atoms with Gasteiger partial charge in [-0.3, -0.25) is 0 Å². The van der Waals surface area contributed by atoms with Gasteiger partial charge in [0, 0.05) is 13.2 Å². The molecule has 0 spiro atoms. The molecule has 0 fully saturated rings. The zero-order valence-electron chi connectivity index (χ0n) is 4.41. The highest BCUT2D eigenvalue weighted by atomic mass is 19.2. The van der Waals surface area contributed by atoms with E-state index in [2.05, 4.69) is 0 Å². The second-order valence-electron chi connectivity index (χ2n) is 1.08. The number of nitrogens with one attached hydrogen (secondary N) is 1. The third-order valence-corrected chi connectivity index (χ3v) is 0.545. The van der Waals surface area contributed by atoms with E-state index in [-0.39, 0.29) is 6.54 Å². The highest BCUT2D eigenvalue weighted by molar-refractivity contribution is 4.27. The third kappa shape index (κ3) is 5.85. The van der Waals surface area contributed by atoms with Crippen molar-refractivity contribution < 1.29 is 9.22 Å². The van der Waals surface area contributed by atoms with Gasteiger partial charge in [0.15, 0.2) is 0 Å². The molecule has 0 atom stereocenters. The summed E-state index contributed by atoms with van der Waals surface area (Å²) in [5, 5.41) is 0. The summed E-state index contributed by atoms with van der Waals surface area (Å²) in [5.41, 5.74) is 1.48. The van der Waals surface area contributed by atoms with Gasteiger partial charge in [-0.2, -0.15) is 5.54 Å². The van der Waals surface area contributed by atoms with Gasteiger partial charge in [0.05, 0.1) is 6.61 Å². The zero-order chi connectivity index (χ0) is 5.54. The average Bonchev–Trinajstić information content (AvgIpc) is 1.69. The molecule has 7 heavy (non-hydrogen) atoms. The van der Waals surface area contributed by atoms with E-state index in [0.29, 0.717) is 13.2 Å². The standard InChI is InChI=1S/C4H10FNO/c1-2-7-4-3-6-5/h6H,2-4H2,1H3. The Morgan fingerprint density at radius 3 is 2.86 bits per heavy atom. The van der Waals surface area contributed by atoms with Crippen molar-refractivity contribution in [1.82, 2.24) is 5.54 Å². The van der Waals surface area contributed by atoms with E-state index in [4.69, 9.17) is 4.74 Å². The van der Waals surface area contributed by atoms with E-state index in [0.717, 1.165) is 0 Å². The van der Waals surface area contributed by atoms with Gasteiger partial charge in [-0.1, -0.05) is 0 Å². The molecule has 0 aliphatic rings. The molecule has 0 amide bonds. The SMILES string of the molecule is CCOCCNF. The largest absolute Gasteiger partial charge is 0.380 e. The smallest absolute Gasteiger partial charge is 0.0616 e. The van der Waals surface area contributed by atoms with E-state index >= 15 is 0 Å². The predicted molar refractivity (Wildman–Crippen MR) is 25.6 cm³/mol. The first kappa shape index (κ1) is 6.85. The lowest BCUT2D eigenvalue weighted by Crippen LogP contribution is -2.09. The Kier molecular flexibility index (Phi) is 5.72. The maximum Gasteiger partial charge on any atom is 0.0616 e. The minimum Gasteiger partial charge on any atom is -0.380 e. The molecule has 44 valence electrons. The Morgan fingerprint density at radius 1 is 1.71 bits per heavy atom. The molecule has 0 aromatic rings. The minimum absolute atomic E-state index is 0.286. The molecule has 0 aromatic heterocycles. The van der Waals surface area contributed by atoms with Crippen LogP contribution in [0.15, 0.2) is 0 Å². The summed E-state index contributed by atoms with van der Waals surface area (Å²) in [5.74, 6) is 0. The summed E-state index contributed by atoms with van der Waals surface area (Å²) in [4.78, 5) is 0. The van der Waals surface area contributed by atoms with Crippen LogP contribution in [0.25, 0.3) is 0 Å². The molecule has 0 aromatic carbocycles. The molecule has 0 aliphatic heterocycles. The Balaban J connectivity index is 2.45. The van der Waals surface area contributed by atoms with E-state index in [1.165, 1.54) is 5.54 Å². The fourth-order valence-electron chi connectivity index (χ4n) is 0.255. The average molecular weight is 107 g/mol. The molecular formula is C4H10FNO. The molecule has 0 rings (SSSR count). The molecule has 0 saturated heterocycles. The summed E-state index contributed by atoms with van der Waals surface area (Å²) in [6, 6.07) is 0. The lowest BCUT2D eigenvalue weighted by Gasteiger charge is -1.94. The van der Waals surface area contributed by atoms with Gasteiger partial charge in [0.2, 0.25) is 0 Å². The van der Waals surface area contributed by atoms with Crippen molar-refractivity contribution >= 4 is 0 Å². The Morgan fingerprint density at radius 2 is 2.43 bits per heavy atom. The molecule has 0 aliphatic carbocycles. The molecule has 0 heterocycles. The first-order valence-electron chi connectivity index (χ1n) is 2.33. The fraction of sp³-hybridized carbons (Fsp3) is 1.00. The van der Waals surface area contributed by atoms with Gasteiger partial charge >= 0.3 is 0 Å². The van der Waals surface area contributed by atoms with Crippen LogP contribution in [0.3, 0.4) is 0 Å². The van der Waals surface area contributed by atoms with Crippen molar-refractivity contribution in [2.75, 3.05) is 19.8 Å². The topological polar surface area (TPSA) is 21.3 Å². The van der Waals surface area contributed by atoms with Crippen molar-refractivity contribution in [2.45, 2.75) is 6.92 Å². The van der Waals surface area contributed by atoms with Crippen LogP contribution < -0.4 is 5.54 Å². The van der Waals surface area contributed by atoms with Crippen LogP contribution in [-0.4, -0.2) is 19.8 Å². The summed E-state index contributed by atoms with van der Waals surface area (Å²) in [7, 11) is 0. The lowest BCUT2D eigenvalue weighted by molar-refractivity contribution is 0.133. The summed E-state index contributed by atoms with van der Waals surface area (Å²) >= 11 is 0. The normalized spacial score (nSPS) is 9.43. The van der Waals surface area contributed by atoms with E-state index in [1.54, 1.807) is 0 Å². The number of halogens is 1. The number of rotatable bonds is 4. The number of hydrogen-bond donors (Lipinski definition) is 1. The first-order valence-corrected chi connectivity index (χ1v) is 2.33. The fourth-order valence-corrected chi connectivity index (χ4v) is 0.255. The molecule has 0 bridgehead atoms.